The number of benzene rings is 1. The third kappa shape index (κ3) is 3.75. The van der Waals surface area contributed by atoms with Crippen LogP contribution in [0.3, 0.4) is 0 Å². The lowest BCUT2D eigenvalue weighted by atomic mass is 10.1. The fourth-order valence-electron chi connectivity index (χ4n) is 3.24. The average Bonchev–Trinajstić information content (AvgIpc) is 2.77. The van der Waals surface area contributed by atoms with E-state index in [9.17, 15) is 14.4 Å². The number of aromatic nitrogens is 4. The Morgan fingerprint density at radius 3 is 2.57 bits per heavy atom. The summed E-state index contributed by atoms with van der Waals surface area (Å²) >= 11 is 0. The Kier molecular flexibility index (Phi) is 5.21. The van der Waals surface area contributed by atoms with Crippen molar-refractivity contribution in [3.8, 4) is 0 Å². The lowest BCUT2D eigenvalue weighted by molar-refractivity contribution is 0.0948. The number of pyridine rings is 2. The van der Waals surface area contributed by atoms with E-state index in [4.69, 9.17) is 0 Å². The van der Waals surface area contributed by atoms with E-state index in [-0.39, 0.29) is 29.8 Å². The van der Waals surface area contributed by atoms with Crippen molar-refractivity contribution in [3.63, 3.8) is 0 Å². The second-order valence-corrected chi connectivity index (χ2v) is 6.84. The zero-order valence-corrected chi connectivity index (χ0v) is 16.3. The van der Waals surface area contributed by atoms with Crippen LogP contribution in [0.2, 0.25) is 0 Å². The van der Waals surface area contributed by atoms with E-state index in [2.05, 4.69) is 15.4 Å². The molecule has 0 aliphatic heterocycles. The van der Waals surface area contributed by atoms with E-state index in [0.29, 0.717) is 16.5 Å². The van der Waals surface area contributed by atoms with Crippen molar-refractivity contribution in [1.82, 2.24) is 24.6 Å². The molecule has 0 fully saturated rings. The second-order valence-electron chi connectivity index (χ2n) is 6.84. The van der Waals surface area contributed by atoms with Crippen LogP contribution in [-0.2, 0) is 20.1 Å². The van der Waals surface area contributed by atoms with Crippen molar-refractivity contribution in [3.05, 3.63) is 105 Å². The smallest absolute Gasteiger partial charge is 0.274 e. The summed E-state index contributed by atoms with van der Waals surface area (Å²) in [5.41, 5.74) is 0.823. The van der Waals surface area contributed by atoms with Gasteiger partial charge in [0, 0.05) is 31.0 Å². The highest BCUT2D eigenvalue weighted by atomic mass is 16.2. The van der Waals surface area contributed by atoms with Crippen LogP contribution in [0.25, 0.3) is 10.8 Å². The van der Waals surface area contributed by atoms with Crippen molar-refractivity contribution >= 4 is 16.7 Å². The maximum absolute atomic E-state index is 12.9. The normalized spacial score (nSPS) is 10.8. The predicted molar refractivity (Wildman–Crippen MR) is 112 cm³/mol. The number of nitrogens with one attached hydrogen (secondary N) is 1. The van der Waals surface area contributed by atoms with E-state index in [1.165, 1.54) is 15.3 Å². The van der Waals surface area contributed by atoms with Gasteiger partial charge in [0.15, 0.2) is 0 Å². The zero-order chi connectivity index (χ0) is 21.1. The first-order chi connectivity index (χ1) is 14.5. The number of carbonyl (C=O) groups is 1. The van der Waals surface area contributed by atoms with Gasteiger partial charge in [0.05, 0.1) is 24.2 Å². The van der Waals surface area contributed by atoms with Gasteiger partial charge in [-0.25, -0.2) is 4.68 Å². The summed E-state index contributed by atoms with van der Waals surface area (Å²) in [6.45, 7) is 0.336. The minimum atomic E-state index is -0.493. The molecule has 4 rings (SSSR count). The molecule has 0 aliphatic carbocycles. The summed E-state index contributed by atoms with van der Waals surface area (Å²) in [7, 11) is 1.59. The third-order valence-corrected chi connectivity index (χ3v) is 4.78. The highest BCUT2D eigenvalue weighted by molar-refractivity contribution is 5.94. The monoisotopic (exact) mass is 401 g/mol. The Hall–Kier alpha value is -4.07. The molecule has 0 unspecified atom stereocenters. The van der Waals surface area contributed by atoms with Crippen molar-refractivity contribution < 1.29 is 4.79 Å². The highest BCUT2D eigenvalue weighted by Crippen LogP contribution is 2.14. The fraction of sp³-hybridized carbons (Fsp3) is 0.136. The molecule has 4 aromatic rings. The molecule has 8 heteroatoms. The van der Waals surface area contributed by atoms with Gasteiger partial charge in [-0.2, -0.15) is 5.10 Å². The largest absolute Gasteiger partial charge is 0.346 e. The van der Waals surface area contributed by atoms with Crippen molar-refractivity contribution in [2.24, 2.45) is 7.05 Å². The summed E-state index contributed by atoms with van der Waals surface area (Å²) in [5, 5.41) is 8.39. The molecule has 8 nitrogen and oxygen atoms in total. The summed E-state index contributed by atoms with van der Waals surface area (Å²) in [6, 6.07) is 13.9. The van der Waals surface area contributed by atoms with Crippen LogP contribution in [0.1, 0.15) is 21.6 Å². The quantitative estimate of drug-likeness (QED) is 0.546. The number of aryl methyl sites for hydroxylation is 1. The lowest BCUT2D eigenvalue weighted by Gasteiger charge is -2.12. The van der Waals surface area contributed by atoms with Gasteiger partial charge in [0.1, 0.15) is 5.56 Å². The average molecular weight is 401 g/mol. The van der Waals surface area contributed by atoms with Gasteiger partial charge in [-0.05, 0) is 29.8 Å². The minimum absolute atomic E-state index is 0.0491. The van der Waals surface area contributed by atoms with Crippen LogP contribution >= 0.6 is 0 Å². The Bertz CT molecular complexity index is 1340. The number of carbonyl (C=O) groups excluding carboxylic acids is 1. The first-order valence-electron chi connectivity index (χ1n) is 9.36. The topological polar surface area (TPSA) is 98.9 Å². The number of hydrogen-bond acceptors (Lipinski definition) is 5. The van der Waals surface area contributed by atoms with Gasteiger partial charge in [-0.15, -0.1) is 0 Å². The first kappa shape index (κ1) is 19.3. The summed E-state index contributed by atoms with van der Waals surface area (Å²) in [5.74, 6) is -0.493. The zero-order valence-electron chi connectivity index (χ0n) is 16.3. The molecule has 0 spiro atoms. The lowest BCUT2D eigenvalue weighted by Crippen LogP contribution is -2.33. The van der Waals surface area contributed by atoms with E-state index in [0.717, 1.165) is 5.56 Å². The van der Waals surface area contributed by atoms with Crippen molar-refractivity contribution in [1.29, 1.82) is 0 Å². The van der Waals surface area contributed by atoms with E-state index in [1.54, 1.807) is 56.0 Å². The van der Waals surface area contributed by atoms with Gasteiger partial charge in [-0.1, -0.05) is 24.3 Å². The van der Waals surface area contributed by atoms with Gasteiger partial charge < -0.3 is 9.88 Å². The molecule has 0 radical (unpaired) electrons. The molecule has 1 N–H and O–H groups in total. The van der Waals surface area contributed by atoms with Crippen LogP contribution in [0.5, 0.6) is 0 Å². The Balaban J connectivity index is 1.68. The van der Waals surface area contributed by atoms with Crippen molar-refractivity contribution in [2.75, 3.05) is 0 Å². The molecule has 0 bridgehead atoms. The van der Waals surface area contributed by atoms with Gasteiger partial charge in [0.2, 0.25) is 0 Å². The summed E-state index contributed by atoms with van der Waals surface area (Å²) in [4.78, 5) is 41.7. The molecule has 0 saturated heterocycles. The SMILES string of the molecule is Cn1cccc(C(=O)NCc2nn(Cc3cccnc3)c(=O)c3ccccc23)c1=O. The Morgan fingerprint density at radius 1 is 1.00 bits per heavy atom. The Labute approximate surface area is 171 Å². The number of amides is 1. The second kappa shape index (κ2) is 8.12. The standard InChI is InChI=1S/C22H19N5O3/c1-26-11-5-9-18(21(26)29)20(28)24-13-19-16-7-2-3-8-17(16)22(30)27(25-19)14-15-6-4-10-23-12-15/h2-12H,13-14H2,1H3,(H,24,28). The van der Waals surface area contributed by atoms with Crippen LogP contribution in [0.4, 0.5) is 0 Å². The molecular formula is C22H19N5O3. The molecule has 3 heterocycles. The fourth-order valence-corrected chi connectivity index (χ4v) is 3.24. The van der Waals surface area contributed by atoms with Crippen LogP contribution in [-0.4, -0.2) is 25.2 Å². The van der Waals surface area contributed by atoms with E-state index < -0.39 is 5.91 Å². The molecule has 30 heavy (non-hydrogen) atoms. The van der Waals surface area contributed by atoms with Crippen molar-refractivity contribution in [2.45, 2.75) is 13.1 Å². The number of rotatable bonds is 5. The molecule has 1 amide bonds. The highest BCUT2D eigenvalue weighted by Gasteiger charge is 2.14. The van der Waals surface area contributed by atoms with Crippen LogP contribution in [0.15, 0.2) is 76.7 Å². The van der Waals surface area contributed by atoms with Gasteiger partial charge >= 0.3 is 0 Å². The van der Waals surface area contributed by atoms with E-state index >= 15 is 0 Å². The van der Waals surface area contributed by atoms with E-state index in [1.807, 2.05) is 12.1 Å². The molecule has 150 valence electrons. The molecule has 0 saturated carbocycles. The number of nitrogens with zero attached hydrogens (tertiary/aromatic N) is 4. The van der Waals surface area contributed by atoms with Crippen LogP contribution in [0, 0.1) is 0 Å². The molecule has 0 atom stereocenters. The maximum Gasteiger partial charge on any atom is 0.274 e. The summed E-state index contributed by atoms with van der Waals surface area (Å²) in [6.07, 6.45) is 4.92. The van der Waals surface area contributed by atoms with Gasteiger partial charge in [-0.3, -0.25) is 19.4 Å². The molecular weight excluding hydrogens is 382 g/mol. The number of hydrogen-bond donors (Lipinski definition) is 1. The summed E-state index contributed by atoms with van der Waals surface area (Å²) < 4.78 is 2.71. The number of fused-ring (bicyclic) bond motifs is 1. The minimum Gasteiger partial charge on any atom is -0.346 e. The third-order valence-electron chi connectivity index (χ3n) is 4.78. The Morgan fingerprint density at radius 2 is 1.80 bits per heavy atom. The van der Waals surface area contributed by atoms with Crippen LogP contribution < -0.4 is 16.4 Å². The predicted octanol–water partition coefficient (Wildman–Crippen LogP) is 1.47. The molecule has 3 aromatic heterocycles. The molecule has 1 aromatic carbocycles. The van der Waals surface area contributed by atoms with Gasteiger partial charge in [0.25, 0.3) is 17.0 Å². The maximum atomic E-state index is 12.9. The first-order valence-corrected chi connectivity index (χ1v) is 9.36. The molecule has 0 aliphatic rings.